The van der Waals surface area contributed by atoms with E-state index >= 15 is 0 Å². The molecule has 0 aliphatic carbocycles. The summed E-state index contributed by atoms with van der Waals surface area (Å²) >= 11 is 0. The lowest BCUT2D eigenvalue weighted by Crippen LogP contribution is -2.46. The van der Waals surface area contributed by atoms with Gasteiger partial charge in [0.1, 0.15) is 5.60 Å². The molecule has 0 bridgehead atoms. The van der Waals surface area contributed by atoms with E-state index in [2.05, 4.69) is 5.16 Å². The summed E-state index contributed by atoms with van der Waals surface area (Å²) in [4.78, 5) is 28.9. The number of likely N-dealkylation sites (tertiary alicyclic amines) is 1. The van der Waals surface area contributed by atoms with Crippen LogP contribution in [0.4, 0.5) is 0 Å². The lowest BCUT2D eigenvalue weighted by Gasteiger charge is -2.36. The number of carboxylic acids is 1. The molecule has 1 saturated heterocycles. The molecule has 6 heteroatoms. The highest BCUT2D eigenvalue weighted by atomic mass is 16.7. The van der Waals surface area contributed by atoms with E-state index in [0.717, 1.165) is 0 Å². The Morgan fingerprint density at radius 3 is 2.50 bits per heavy atom. The number of amides is 1. The van der Waals surface area contributed by atoms with Gasteiger partial charge in [-0.25, -0.2) is 4.79 Å². The van der Waals surface area contributed by atoms with Gasteiger partial charge in [-0.05, 0) is 0 Å². The van der Waals surface area contributed by atoms with Crippen molar-refractivity contribution < 1.29 is 19.5 Å². The van der Waals surface area contributed by atoms with Crippen LogP contribution in [0.1, 0.15) is 26.2 Å². The first kappa shape index (κ1) is 10.9. The minimum absolute atomic E-state index is 0.0484. The number of hydrogen-bond acceptors (Lipinski definition) is 4. The van der Waals surface area contributed by atoms with Crippen LogP contribution < -0.4 is 0 Å². The first-order valence-electron chi connectivity index (χ1n) is 5.26. The summed E-state index contributed by atoms with van der Waals surface area (Å²) < 4.78 is 0. The van der Waals surface area contributed by atoms with Crippen molar-refractivity contribution in [1.82, 2.24) is 4.90 Å². The van der Waals surface area contributed by atoms with Crippen molar-refractivity contribution in [2.45, 2.75) is 31.8 Å². The predicted molar refractivity (Wildman–Crippen MR) is 55.0 cm³/mol. The summed E-state index contributed by atoms with van der Waals surface area (Å²) in [5.41, 5.74) is -0.407. The zero-order chi connectivity index (χ0) is 11.8. The van der Waals surface area contributed by atoms with E-state index in [-0.39, 0.29) is 11.6 Å². The van der Waals surface area contributed by atoms with Crippen LogP contribution in [0.15, 0.2) is 5.16 Å². The second kappa shape index (κ2) is 3.77. The second-order valence-corrected chi connectivity index (χ2v) is 4.30. The van der Waals surface area contributed by atoms with E-state index in [4.69, 9.17) is 9.94 Å². The first-order chi connectivity index (χ1) is 7.52. The fourth-order valence-corrected chi connectivity index (χ4v) is 2.13. The molecular formula is C10H14N2O4. The highest BCUT2D eigenvalue weighted by Gasteiger charge is 2.44. The lowest BCUT2D eigenvalue weighted by atomic mass is 9.87. The Kier molecular flexibility index (Phi) is 2.57. The van der Waals surface area contributed by atoms with Crippen molar-refractivity contribution in [2.24, 2.45) is 5.16 Å². The smallest absolute Gasteiger partial charge is 0.353 e. The molecule has 1 N–H and O–H groups in total. The quantitative estimate of drug-likeness (QED) is 0.694. The number of hydrogen-bond donors (Lipinski definition) is 1. The molecular weight excluding hydrogens is 212 g/mol. The van der Waals surface area contributed by atoms with Crippen molar-refractivity contribution in [3.05, 3.63) is 0 Å². The zero-order valence-electron chi connectivity index (χ0n) is 9.10. The monoisotopic (exact) mass is 226 g/mol. The summed E-state index contributed by atoms with van der Waals surface area (Å²) in [5, 5.41) is 12.4. The van der Waals surface area contributed by atoms with Gasteiger partial charge in [-0.15, -0.1) is 0 Å². The molecule has 6 nitrogen and oxygen atoms in total. The Morgan fingerprint density at radius 2 is 2.06 bits per heavy atom. The molecule has 0 atom stereocenters. The number of carbonyl (C=O) groups excluding carboxylic acids is 1. The summed E-state index contributed by atoms with van der Waals surface area (Å²) in [5.74, 6) is -0.974. The molecule has 0 aromatic carbocycles. The fourth-order valence-electron chi connectivity index (χ4n) is 2.13. The Balaban J connectivity index is 1.95. The molecule has 2 heterocycles. The number of carboxylic acid groups (broad SMARTS) is 1. The van der Waals surface area contributed by atoms with Crippen molar-refractivity contribution in [3.8, 4) is 0 Å². The third-order valence-electron chi connectivity index (χ3n) is 3.21. The third kappa shape index (κ3) is 1.87. The number of carbonyl (C=O) groups is 2. The summed E-state index contributed by atoms with van der Waals surface area (Å²) in [6, 6.07) is 0. The number of rotatable bonds is 1. The standard InChI is InChI=1S/C10H14N2O4/c1-7(13)12-4-2-10(3-5-12)6-8(9(14)15)11-16-10/h2-6H2,1H3,(H,14,15). The molecule has 1 spiro atoms. The number of oxime groups is 1. The van der Waals surface area contributed by atoms with Crippen LogP contribution in [0, 0.1) is 0 Å². The average Bonchev–Trinajstić information content (AvgIpc) is 2.63. The Labute approximate surface area is 92.9 Å². The van der Waals surface area contributed by atoms with E-state index in [1.165, 1.54) is 6.92 Å². The van der Waals surface area contributed by atoms with Gasteiger partial charge < -0.3 is 14.8 Å². The average molecular weight is 226 g/mol. The molecule has 0 radical (unpaired) electrons. The first-order valence-corrected chi connectivity index (χ1v) is 5.26. The molecule has 88 valence electrons. The Bertz CT molecular complexity index is 356. The van der Waals surface area contributed by atoms with E-state index < -0.39 is 11.6 Å². The van der Waals surface area contributed by atoms with Crippen LogP contribution in [-0.4, -0.2) is 46.3 Å². The minimum atomic E-state index is -1.02. The maximum absolute atomic E-state index is 11.1. The molecule has 1 fully saturated rings. The van der Waals surface area contributed by atoms with E-state index in [1.807, 2.05) is 0 Å². The van der Waals surface area contributed by atoms with Gasteiger partial charge in [-0.1, -0.05) is 5.16 Å². The van der Waals surface area contributed by atoms with E-state index in [1.54, 1.807) is 4.90 Å². The molecule has 0 aromatic rings. The van der Waals surface area contributed by atoms with Gasteiger partial charge in [-0.3, -0.25) is 4.79 Å². The van der Waals surface area contributed by atoms with Gasteiger partial charge in [0.25, 0.3) is 0 Å². The molecule has 2 aliphatic rings. The summed E-state index contributed by atoms with van der Waals surface area (Å²) in [6.45, 7) is 2.75. The van der Waals surface area contributed by atoms with Gasteiger partial charge in [0.15, 0.2) is 5.71 Å². The second-order valence-electron chi connectivity index (χ2n) is 4.30. The molecule has 0 unspecified atom stereocenters. The predicted octanol–water partition coefficient (Wildman–Crippen LogP) is 0.228. The van der Waals surface area contributed by atoms with Crippen LogP contribution in [0.2, 0.25) is 0 Å². The van der Waals surface area contributed by atoms with Crippen LogP contribution in [0.5, 0.6) is 0 Å². The van der Waals surface area contributed by atoms with E-state index in [0.29, 0.717) is 32.4 Å². The zero-order valence-corrected chi connectivity index (χ0v) is 9.10. The SMILES string of the molecule is CC(=O)N1CCC2(CC1)CC(C(=O)O)=NO2. The molecule has 16 heavy (non-hydrogen) atoms. The van der Waals surface area contributed by atoms with Crippen LogP contribution >= 0.6 is 0 Å². The Morgan fingerprint density at radius 1 is 1.44 bits per heavy atom. The van der Waals surface area contributed by atoms with Crippen LogP contribution in [-0.2, 0) is 14.4 Å². The van der Waals surface area contributed by atoms with Gasteiger partial charge in [0.05, 0.1) is 0 Å². The van der Waals surface area contributed by atoms with Gasteiger partial charge in [0.2, 0.25) is 5.91 Å². The molecule has 2 aliphatic heterocycles. The van der Waals surface area contributed by atoms with Gasteiger partial charge >= 0.3 is 5.97 Å². The molecule has 1 amide bonds. The van der Waals surface area contributed by atoms with Crippen molar-refractivity contribution >= 4 is 17.6 Å². The fraction of sp³-hybridized carbons (Fsp3) is 0.700. The van der Waals surface area contributed by atoms with Crippen molar-refractivity contribution in [2.75, 3.05) is 13.1 Å². The largest absolute Gasteiger partial charge is 0.477 e. The van der Waals surface area contributed by atoms with Gasteiger partial charge in [-0.2, -0.15) is 0 Å². The molecule has 0 saturated carbocycles. The topological polar surface area (TPSA) is 79.2 Å². The number of aliphatic carboxylic acids is 1. The Hall–Kier alpha value is -1.59. The van der Waals surface area contributed by atoms with Gasteiger partial charge in [0, 0.05) is 39.3 Å². The number of piperidine rings is 1. The normalized spacial score (nSPS) is 22.8. The minimum Gasteiger partial charge on any atom is -0.477 e. The highest BCUT2D eigenvalue weighted by molar-refractivity contribution is 6.36. The summed E-state index contributed by atoms with van der Waals surface area (Å²) in [7, 11) is 0. The van der Waals surface area contributed by atoms with E-state index in [9.17, 15) is 9.59 Å². The maximum Gasteiger partial charge on any atom is 0.353 e. The summed E-state index contributed by atoms with van der Waals surface area (Å²) in [6.07, 6.45) is 1.63. The molecule has 0 aromatic heterocycles. The lowest BCUT2D eigenvalue weighted by molar-refractivity contribution is -0.134. The van der Waals surface area contributed by atoms with Crippen molar-refractivity contribution in [3.63, 3.8) is 0 Å². The molecule has 2 rings (SSSR count). The van der Waals surface area contributed by atoms with Crippen molar-refractivity contribution in [1.29, 1.82) is 0 Å². The van der Waals surface area contributed by atoms with Crippen LogP contribution in [0.3, 0.4) is 0 Å². The third-order valence-corrected chi connectivity index (χ3v) is 3.21. The maximum atomic E-state index is 11.1. The highest BCUT2D eigenvalue weighted by Crippen LogP contribution is 2.34. The number of nitrogens with zero attached hydrogens (tertiary/aromatic N) is 2. The van der Waals surface area contributed by atoms with Crippen LogP contribution in [0.25, 0.3) is 0 Å².